The number of benzene rings is 2. The Morgan fingerprint density at radius 1 is 1.08 bits per heavy atom. The Kier molecular flexibility index (Phi) is 5.56. The summed E-state index contributed by atoms with van der Waals surface area (Å²) < 4.78 is 10.6. The Labute approximate surface area is 145 Å². The van der Waals surface area contributed by atoms with Gasteiger partial charge in [-0.1, -0.05) is 29.8 Å². The van der Waals surface area contributed by atoms with Crippen molar-refractivity contribution in [1.29, 1.82) is 0 Å². The summed E-state index contributed by atoms with van der Waals surface area (Å²) in [4.78, 5) is 11.8. The molecule has 3 rings (SSSR count). The van der Waals surface area contributed by atoms with Gasteiger partial charge in [0.05, 0.1) is 6.54 Å². The summed E-state index contributed by atoms with van der Waals surface area (Å²) in [5.74, 6) is 1.48. The maximum absolute atomic E-state index is 11.8. The Balaban J connectivity index is 1.35. The molecule has 126 valence electrons. The minimum absolute atomic E-state index is 0.0298. The molecule has 0 aromatic heterocycles. The van der Waals surface area contributed by atoms with Gasteiger partial charge < -0.3 is 20.1 Å². The smallest absolute Gasteiger partial charge is 0.233 e. The lowest BCUT2D eigenvalue weighted by atomic mass is 10.1. The van der Waals surface area contributed by atoms with Gasteiger partial charge in [0.2, 0.25) is 12.7 Å². The monoisotopic (exact) mass is 346 g/mol. The molecule has 2 N–H and O–H groups in total. The van der Waals surface area contributed by atoms with Gasteiger partial charge in [-0.05, 0) is 41.8 Å². The summed E-state index contributed by atoms with van der Waals surface area (Å²) in [6.07, 6.45) is 0.758. The highest BCUT2D eigenvalue weighted by Gasteiger charge is 2.13. The predicted octanol–water partition coefficient (Wildman–Crippen LogP) is 2.52. The summed E-state index contributed by atoms with van der Waals surface area (Å²) in [6, 6.07) is 13.4. The fraction of sp³-hybridized carbons (Fsp3) is 0.278. The average Bonchev–Trinajstić information content (AvgIpc) is 3.03. The van der Waals surface area contributed by atoms with Crippen LogP contribution in [-0.2, 0) is 17.8 Å². The molecule has 0 unspecified atom stereocenters. The average molecular weight is 347 g/mol. The van der Waals surface area contributed by atoms with Crippen LogP contribution in [0, 0.1) is 0 Å². The molecular weight excluding hydrogens is 328 g/mol. The van der Waals surface area contributed by atoms with Crippen LogP contribution < -0.4 is 20.1 Å². The molecule has 2 aromatic rings. The lowest BCUT2D eigenvalue weighted by molar-refractivity contribution is -0.120. The first-order chi connectivity index (χ1) is 11.7. The van der Waals surface area contributed by atoms with E-state index in [1.54, 1.807) is 0 Å². The van der Waals surface area contributed by atoms with Crippen molar-refractivity contribution in [2.45, 2.75) is 13.0 Å². The quantitative estimate of drug-likeness (QED) is 0.808. The molecule has 1 aliphatic rings. The number of hydrogen-bond acceptors (Lipinski definition) is 4. The van der Waals surface area contributed by atoms with Crippen molar-refractivity contribution < 1.29 is 14.3 Å². The Bertz CT molecular complexity index is 721. The van der Waals surface area contributed by atoms with Crippen molar-refractivity contribution in [3.05, 3.63) is 58.6 Å². The van der Waals surface area contributed by atoms with Crippen molar-refractivity contribution >= 4 is 17.5 Å². The molecule has 24 heavy (non-hydrogen) atoms. The molecule has 0 atom stereocenters. The van der Waals surface area contributed by atoms with E-state index in [1.807, 2.05) is 42.5 Å². The maximum atomic E-state index is 11.8. The van der Waals surface area contributed by atoms with Crippen molar-refractivity contribution in [2.24, 2.45) is 0 Å². The second-order valence-corrected chi connectivity index (χ2v) is 5.96. The van der Waals surface area contributed by atoms with Crippen LogP contribution in [0.25, 0.3) is 0 Å². The van der Waals surface area contributed by atoms with Crippen LogP contribution in [-0.4, -0.2) is 25.8 Å². The van der Waals surface area contributed by atoms with E-state index >= 15 is 0 Å². The van der Waals surface area contributed by atoms with E-state index in [2.05, 4.69) is 10.6 Å². The SMILES string of the molecule is O=C(CNCc1ccc2c(c1)OCO2)NCCc1cccc(Cl)c1. The summed E-state index contributed by atoms with van der Waals surface area (Å²) in [5, 5.41) is 6.72. The predicted molar refractivity (Wildman–Crippen MR) is 92.4 cm³/mol. The van der Waals surface area contributed by atoms with Crippen LogP contribution in [0.1, 0.15) is 11.1 Å². The van der Waals surface area contributed by atoms with Crippen LogP contribution in [0.2, 0.25) is 5.02 Å². The molecule has 0 spiro atoms. The third-order valence-electron chi connectivity index (χ3n) is 3.68. The van der Waals surface area contributed by atoms with Crippen molar-refractivity contribution in [1.82, 2.24) is 10.6 Å². The lowest BCUT2D eigenvalue weighted by Crippen LogP contribution is -2.34. The summed E-state index contributed by atoms with van der Waals surface area (Å²) in [5.41, 5.74) is 2.15. The number of fused-ring (bicyclic) bond motifs is 1. The zero-order valence-corrected chi connectivity index (χ0v) is 13.9. The van der Waals surface area contributed by atoms with E-state index in [0.717, 1.165) is 29.0 Å². The second-order valence-electron chi connectivity index (χ2n) is 5.52. The molecule has 0 bridgehead atoms. The number of halogens is 1. The number of hydrogen-bond donors (Lipinski definition) is 2. The van der Waals surface area contributed by atoms with E-state index < -0.39 is 0 Å². The van der Waals surface area contributed by atoms with Gasteiger partial charge in [-0.15, -0.1) is 0 Å². The number of carbonyl (C=O) groups is 1. The molecule has 1 aliphatic heterocycles. The van der Waals surface area contributed by atoms with Gasteiger partial charge in [-0.2, -0.15) is 0 Å². The molecule has 1 amide bonds. The third kappa shape index (κ3) is 4.63. The first-order valence-corrected chi connectivity index (χ1v) is 8.19. The molecule has 0 saturated carbocycles. The maximum Gasteiger partial charge on any atom is 0.233 e. The lowest BCUT2D eigenvalue weighted by Gasteiger charge is -2.08. The third-order valence-corrected chi connectivity index (χ3v) is 3.91. The van der Waals surface area contributed by atoms with Crippen LogP contribution >= 0.6 is 11.6 Å². The fourth-order valence-electron chi connectivity index (χ4n) is 2.47. The van der Waals surface area contributed by atoms with E-state index in [1.165, 1.54) is 0 Å². The minimum Gasteiger partial charge on any atom is -0.454 e. The van der Waals surface area contributed by atoms with Gasteiger partial charge >= 0.3 is 0 Å². The van der Waals surface area contributed by atoms with Gasteiger partial charge in [-0.25, -0.2) is 0 Å². The summed E-state index contributed by atoms with van der Waals surface area (Å²) in [7, 11) is 0. The second kappa shape index (κ2) is 8.04. The highest BCUT2D eigenvalue weighted by Crippen LogP contribution is 2.32. The van der Waals surface area contributed by atoms with E-state index in [9.17, 15) is 4.79 Å². The number of ether oxygens (including phenoxy) is 2. The largest absolute Gasteiger partial charge is 0.454 e. The van der Waals surface area contributed by atoms with Gasteiger partial charge in [0.15, 0.2) is 11.5 Å². The number of amides is 1. The van der Waals surface area contributed by atoms with Crippen molar-refractivity contribution in [2.75, 3.05) is 19.9 Å². The highest BCUT2D eigenvalue weighted by atomic mass is 35.5. The van der Waals surface area contributed by atoms with E-state index in [-0.39, 0.29) is 19.2 Å². The summed E-state index contributed by atoms with van der Waals surface area (Å²) in [6.45, 7) is 1.72. The topological polar surface area (TPSA) is 59.6 Å². The van der Waals surface area contributed by atoms with E-state index in [0.29, 0.717) is 18.1 Å². The molecule has 6 heteroatoms. The molecule has 5 nitrogen and oxygen atoms in total. The van der Waals surface area contributed by atoms with Crippen LogP contribution in [0.4, 0.5) is 0 Å². The van der Waals surface area contributed by atoms with Gasteiger partial charge in [0, 0.05) is 18.1 Å². The number of nitrogens with one attached hydrogen (secondary N) is 2. The summed E-state index contributed by atoms with van der Waals surface area (Å²) >= 11 is 5.93. The van der Waals surface area contributed by atoms with E-state index in [4.69, 9.17) is 21.1 Å². The molecule has 2 aromatic carbocycles. The number of carbonyl (C=O) groups excluding carboxylic acids is 1. The number of rotatable bonds is 7. The first kappa shape index (κ1) is 16.6. The van der Waals surface area contributed by atoms with Gasteiger partial charge in [-0.3, -0.25) is 4.79 Å². The minimum atomic E-state index is -0.0298. The highest BCUT2D eigenvalue weighted by molar-refractivity contribution is 6.30. The van der Waals surface area contributed by atoms with Gasteiger partial charge in [0.1, 0.15) is 0 Å². The molecule has 0 saturated heterocycles. The van der Waals surface area contributed by atoms with Crippen molar-refractivity contribution in [3.63, 3.8) is 0 Å². The molecule has 1 heterocycles. The zero-order chi connectivity index (χ0) is 16.8. The molecule has 0 fully saturated rings. The van der Waals surface area contributed by atoms with Crippen LogP contribution in [0.5, 0.6) is 11.5 Å². The van der Waals surface area contributed by atoms with Crippen molar-refractivity contribution in [3.8, 4) is 11.5 Å². The molecule has 0 radical (unpaired) electrons. The van der Waals surface area contributed by atoms with Crippen LogP contribution in [0.3, 0.4) is 0 Å². The first-order valence-electron chi connectivity index (χ1n) is 7.81. The zero-order valence-electron chi connectivity index (χ0n) is 13.2. The molecule has 0 aliphatic carbocycles. The normalized spacial score (nSPS) is 12.2. The Morgan fingerprint density at radius 2 is 1.96 bits per heavy atom. The van der Waals surface area contributed by atoms with Gasteiger partial charge in [0.25, 0.3) is 0 Å². The fourth-order valence-corrected chi connectivity index (χ4v) is 2.69. The standard InChI is InChI=1S/C18H19ClN2O3/c19-15-3-1-2-13(8-15)6-7-21-18(22)11-20-10-14-4-5-16-17(9-14)24-12-23-16/h1-5,8-9,20H,6-7,10-12H2,(H,21,22). The van der Waals surface area contributed by atoms with Crippen LogP contribution in [0.15, 0.2) is 42.5 Å². The Morgan fingerprint density at radius 3 is 2.83 bits per heavy atom. The molecular formula is C18H19ClN2O3. The Hall–Kier alpha value is -2.24.